The molecule has 20 heavy (non-hydrogen) atoms. The number of hydrogen-bond acceptors (Lipinski definition) is 3. The fourth-order valence-corrected chi connectivity index (χ4v) is 3.70. The summed E-state index contributed by atoms with van der Waals surface area (Å²) in [5.41, 5.74) is -0.149. The Morgan fingerprint density at radius 3 is 2.25 bits per heavy atom. The Morgan fingerprint density at radius 2 is 1.70 bits per heavy atom. The lowest BCUT2D eigenvalue weighted by Gasteiger charge is -2.33. The quantitative estimate of drug-likeness (QED) is 0.692. The van der Waals surface area contributed by atoms with Gasteiger partial charge in [0.25, 0.3) is 0 Å². The van der Waals surface area contributed by atoms with E-state index in [0.717, 1.165) is 13.1 Å². The van der Waals surface area contributed by atoms with Gasteiger partial charge in [-0.2, -0.15) is 0 Å². The van der Waals surface area contributed by atoms with Gasteiger partial charge in [-0.1, -0.05) is 26.7 Å². The van der Waals surface area contributed by atoms with E-state index in [9.17, 15) is 0 Å². The third-order valence-electron chi connectivity index (χ3n) is 4.65. The van der Waals surface area contributed by atoms with Crippen molar-refractivity contribution >= 4 is 0 Å². The molecule has 3 nitrogen and oxygen atoms in total. The van der Waals surface area contributed by atoms with Crippen LogP contribution in [0.2, 0.25) is 0 Å². The standard InChI is InChI=1S/C17H36N2O/c1-8-10-11-12-19(7)13-14-15(18-9-2)17(5,6)20-16(14,3)4/h14-15,18H,8-13H2,1-7H3. The van der Waals surface area contributed by atoms with Gasteiger partial charge in [-0.05, 0) is 54.3 Å². The van der Waals surface area contributed by atoms with Crippen molar-refractivity contribution in [2.24, 2.45) is 5.92 Å². The molecule has 1 N–H and O–H groups in total. The minimum absolute atomic E-state index is 0.0602. The average molecular weight is 284 g/mol. The van der Waals surface area contributed by atoms with E-state index in [4.69, 9.17) is 4.74 Å². The number of unbranched alkanes of at least 4 members (excludes halogenated alkanes) is 2. The lowest BCUT2D eigenvalue weighted by Crippen LogP contribution is -2.50. The van der Waals surface area contributed by atoms with E-state index < -0.39 is 0 Å². The Bertz CT molecular complexity index is 289. The van der Waals surface area contributed by atoms with E-state index in [1.807, 2.05) is 0 Å². The molecule has 0 amide bonds. The van der Waals surface area contributed by atoms with Crippen molar-refractivity contribution in [3.63, 3.8) is 0 Å². The van der Waals surface area contributed by atoms with Gasteiger partial charge < -0.3 is 15.0 Å². The molecule has 120 valence electrons. The molecule has 0 bridgehead atoms. The first-order chi connectivity index (χ1) is 9.24. The number of nitrogens with one attached hydrogen (secondary N) is 1. The number of hydrogen-bond donors (Lipinski definition) is 1. The summed E-state index contributed by atoms with van der Waals surface area (Å²) in [7, 11) is 2.25. The van der Waals surface area contributed by atoms with Crippen LogP contribution in [0.5, 0.6) is 0 Å². The highest BCUT2D eigenvalue weighted by Crippen LogP contribution is 2.42. The van der Waals surface area contributed by atoms with Gasteiger partial charge in [-0.3, -0.25) is 0 Å². The van der Waals surface area contributed by atoms with Crippen molar-refractivity contribution < 1.29 is 4.74 Å². The van der Waals surface area contributed by atoms with Crippen LogP contribution in [-0.2, 0) is 4.74 Å². The zero-order valence-electron chi connectivity index (χ0n) is 14.8. The lowest BCUT2D eigenvalue weighted by atomic mass is 9.82. The minimum atomic E-state index is -0.0889. The van der Waals surface area contributed by atoms with Crippen LogP contribution >= 0.6 is 0 Å². The molecule has 0 aliphatic carbocycles. The normalized spacial score (nSPS) is 28.2. The van der Waals surface area contributed by atoms with Crippen molar-refractivity contribution in [2.75, 3.05) is 26.7 Å². The van der Waals surface area contributed by atoms with E-state index in [2.05, 4.69) is 58.8 Å². The van der Waals surface area contributed by atoms with Crippen LogP contribution in [0.4, 0.5) is 0 Å². The molecule has 0 aromatic carbocycles. The van der Waals surface area contributed by atoms with Gasteiger partial charge in [0.2, 0.25) is 0 Å². The first-order valence-corrected chi connectivity index (χ1v) is 8.36. The van der Waals surface area contributed by atoms with Crippen LogP contribution in [0.1, 0.15) is 60.8 Å². The van der Waals surface area contributed by atoms with Gasteiger partial charge >= 0.3 is 0 Å². The predicted molar refractivity (Wildman–Crippen MR) is 87.2 cm³/mol. The molecule has 0 aromatic heterocycles. The van der Waals surface area contributed by atoms with Gasteiger partial charge in [-0.25, -0.2) is 0 Å². The third-order valence-corrected chi connectivity index (χ3v) is 4.65. The molecular weight excluding hydrogens is 248 g/mol. The van der Waals surface area contributed by atoms with Crippen LogP contribution in [0.3, 0.4) is 0 Å². The fraction of sp³-hybridized carbons (Fsp3) is 1.00. The zero-order valence-corrected chi connectivity index (χ0v) is 14.8. The maximum atomic E-state index is 6.35. The number of nitrogens with zero attached hydrogens (tertiary/aromatic N) is 1. The lowest BCUT2D eigenvalue weighted by molar-refractivity contribution is -0.0792. The van der Waals surface area contributed by atoms with E-state index in [-0.39, 0.29) is 11.2 Å². The highest BCUT2D eigenvalue weighted by Gasteiger charge is 2.53. The summed E-state index contributed by atoms with van der Waals surface area (Å²) in [6.07, 6.45) is 3.92. The predicted octanol–water partition coefficient (Wildman–Crippen LogP) is 3.29. The largest absolute Gasteiger partial charge is 0.368 e. The molecule has 2 unspecified atom stereocenters. The summed E-state index contributed by atoms with van der Waals surface area (Å²) in [6.45, 7) is 16.7. The Kier molecular flexibility index (Phi) is 6.49. The average Bonchev–Trinajstić information content (AvgIpc) is 2.48. The first-order valence-electron chi connectivity index (χ1n) is 8.36. The maximum absolute atomic E-state index is 6.35. The summed E-state index contributed by atoms with van der Waals surface area (Å²) in [4.78, 5) is 2.48. The zero-order chi connectivity index (χ0) is 15.4. The summed E-state index contributed by atoms with van der Waals surface area (Å²) in [5.74, 6) is 0.532. The van der Waals surface area contributed by atoms with Crippen molar-refractivity contribution in [2.45, 2.75) is 78.0 Å². The van der Waals surface area contributed by atoms with Gasteiger partial charge in [0.15, 0.2) is 0 Å². The van der Waals surface area contributed by atoms with Crippen LogP contribution in [-0.4, -0.2) is 48.8 Å². The van der Waals surface area contributed by atoms with E-state index >= 15 is 0 Å². The van der Waals surface area contributed by atoms with Crippen molar-refractivity contribution in [3.05, 3.63) is 0 Å². The van der Waals surface area contributed by atoms with Crippen LogP contribution in [0.15, 0.2) is 0 Å². The second kappa shape index (κ2) is 7.24. The molecule has 1 aliphatic rings. The van der Waals surface area contributed by atoms with Gasteiger partial charge in [-0.15, -0.1) is 0 Å². The van der Waals surface area contributed by atoms with Crippen molar-refractivity contribution in [3.8, 4) is 0 Å². The van der Waals surface area contributed by atoms with Crippen LogP contribution in [0, 0.1) is 5.92 Å². The minimum Gasteiger partial charge on any atom is -0.368 e. The van der Waals surface area contributed by atoms with E-state index in [1.54, 1.807) is 0 Å². The Hall–Kier alpha value is -0.120. The summed E-state index contributed by atoms with van der Waals surface area (Å²) in [5, 5.41) is 3.66. The van der Waals surface area contributed by atoms with Crippen molar-refractivity contribution in [1.29, 1.82) is 0 Å². The van der Waals surface area contributed by atoms with Crippen molar-refractivity contribution in [1.82, 2.24) is 10.2 Å². The number of ether oxygens (including phenoxy) is 1. The van der Waals surface area contributed by atoms with E-state index in [0.29, 0.717) is 12.0 Å². The Morgan fingerprint density at radius 1 is 1.05 bits per heavy atom. The monoisotopic (exact) mass is 284 g/mol. The van der Waals surface area contributed by atoms with Gasteiger partial charge in [0, 0.05) is 18.5 Å². The molecular formula is C17H36N2O. The molecule has 0 spiro atoms. The first kappa shape index (κ1) is 17.9. The molecule has 1 rings (SSSR count). The number of likely N-dealkylation sites (N-methyl/N-ethyl adjacent to an activating group) is 1. The Labute approximate surface area is 126 Å². The molecule has 1 heterocycles. The molecule has 1 aliphatic heterocycles. The molecule has 2 atom stereocenters. The molecule has 0 aromatic rings. The van der Waals surface area contributed by atoms with Gasteiger partial charge in [0.1, 0.15) is 0 Å². The topological polar surface area (TPSA) is 24.5 Å². The SMILES string of the molecule is CCCCCN(C)CC1C(NCC)C(C)(C)OC1(C)C. The maximum Gasteiger partial charge on any atom is 0.0790 e. The Balaban J connectivity index is 2.68. The smallest absolute Gasteiger partial charge is 0.0790 e. The highest BCUT2D eigenvalue weighted by atomic mass is 16.5. The molecule has 1 fully saturated rings. The number of rotatable bonds is 8. The van der Waals surface area contributed by atoms with Crippen LogP contribution < -0.4 is 5.32 Å². The third kappa shape index (κ3) is 4.44. The van der Waals surface area contributed by atoms with E-state index in [1.165, 1.54) is 25.8 Å². The molecule has 3 heteroatoms. The second-order valence-electron chi connectivity index (χ2n) is 7.42. The highest BCUT2D eigenvalue weighted by molar-refractivity contribution is 5.05. The van der Waals surface area contributed by atoms with Gasteiger partial charge in [0.05, 0.1) is 11.2 Å². The fourth-order valence-electron chi connectivity index (χ4n) is 3.70. The summed E-state index contributed by atoms with van der Waals surface area (Å²) in [6, 6.07) is 0.427. The second-order valence-corrected chi connectivity index (χ2v) is 7.42. The molecule has 1 saturated heterocycles. The molecule has 0 saturated carbocycles. The summed E-state index contributed by atoms with van der Waals surface area (Å²) < 4.78 is 6.35. The summed E-state index contributed by atoms with van der Waals surface area (Å²) >= 11 is 0. The van der Waals surface area contributed by atoms with Crippen LogP contribution in [0.25, 0.3) is 0 Å². The molecule has 0 radical (unpaired) electrons.